The van der Waals surface area contributed by atoms with E-state index in [0.29, 0.717) is 46.2 Å². The summed E-state index contributed by atoms with van der Waals surface area (Å²) >= 11 is 0. The molecule has 0 aromatic heterocycles. The number of carbonyl (C=O) groups excluding carboxylic acids is 2. The van der Waals surface area contributed by atoms with E-state index in [1.54, 1.807) is 33.1 Å². The molecule has 0 saturated carbocycles. The Morgan fingerprint density at radius 1 is 0.614 bits per heavy atom. The first-order valence-corrected chi connectivity index (χ1v) is 14.4. The average Bonchev–Trinajstić information content (AvgIpc) is 3.06. The number of ether oxygens (including phenoxy) is 4. The van der Waals surface area contributed by atoms with Crippen molar-refractivity contribution in [2.75, 3.05) is 7.11 Å². The van der Waals surface area contributed by atoms with Gasteiger partial charge < -0.3 is 24.3 Å². The van der Waals surface area contributed by atoms with Gasteiger partial charge >= 0.3 is 11.9 Å². The number of carbonyl (C=O) groups is 2. The first kappa shape index (κ1) is 30.2. The van der Waals surface area contributed by atoms with Gasteiger partial charge in [0.2, 0.25) is 0 Å². The number of rotatable bonds is 11. The first-order valence-electron chi connectivity index (χ1n) is 14.4. The number of esters is 2. The van der Waals surface area contributed by atoms with E-state index in [4.69, 9.17) is 18.9 Å². The minimum atomic E-state index is -0.778. The molecule has 5 rings (SSSR count). The average molecular weight is 590 g/mol. The van der Waals surface area contributed by atoms with E-state index in [-0.39, 0.29) is 13.2 Å². The summed E-state index contributed by atoms with van der Waals surface area (Å²) in [5.41, 5.74) is 5.21. The summed E-state index contributed by atoms with van der Waals surface area (Å²) in [6.07, 6.45) is 0. The molecular weight excluding hydrogens is 554 g/mol. The molecule has 4 aromatic carbocycles. The number of hydrogen-bond donors (Lipinski definition) is 1. The third-order valence-corrected chi connectivity index (χ3v) is 7.38. The minimum absolute atomic E-state index is 0.0925. The zero-order valence-electron chi connectivity index (χ0n) is 25.0. The maximum absolute atomic E-state index is 13.7. The lowest BCUT2D eigenvalue weighted by molar-refractivity contribution is -0.141. The molecule has 44 heavy (non-hydrogen) atoms. The maximum atomic E-state index is 13.7. The Morgan fingerprint density at radius 2 is 1.07 bits per heavy atom. The van der Waals surface area contributed by atoms with E-state index in [2.05, 4.69) is 5.32 Å². The molecule has 0 amide bonds. The second-order valence-electron chi connectivity index (χ2n) is 10.4. The van der Waals surface area contributed by atoms with Crippen LogP contribution in [-0.2, 0) is 38.9 Å². The molecule has 1 heterocycles. The topological polar surface area (TPSA) is 83.1 Å². The van der Waals surface area contributed by atoms with Crippen molar-refractivity contribution in [2.24, 2.45) is 0 Å². The molecule has 0 fully saturated rings. The van der Waals surface area contributed by atoms with Crippen LogP contribution in [0.1, 0.15) is 42.0 Å². The molecule has 1 aliphatic heterocycles. The highest BCUT2D eigenvalue weighted by molar-refractivity contribution is 6.00. The third kappa shape index (κ3) is 7.18. The summed E-state index contributed by atoms with van der Waals surface area (Å²) in [6.45, 7) is 4.15. The molecule has 0 bridgehead atoms. The molecule has 0 unspecified atom stereocenters. The fourth-order valence-corrected chi connectivity index (χ4v) is 5.19. The van der Waals surface area contributed by atoms with Gasteiger partial charge in [-0.25, -0.2) is 9.59 Å². The summed E-state index contributed by atoms with van der Waals surface area (Å²) in [7, 11) is 1.56. The lowest BCUT2D eigenvalue weighted by atomic mass is 9.80. The van der Waals surface area contributed by atoms with Gasteiger partial charge in [0.05, 0.1) is 24.2 Å². The highest BCUT2D eigenvalue weighted by Gasteiger charge is 2.38. The highest BCUT2D eigenvalue weighted by atomic mass is 16.5. The van der Waals surface area contributed by atoms with Crippen LogP contribution in [0, 0.1) is 0 Å². The fraction of sp³-hybridized carbons (Fsp3) is 0.189. The van der Waals surface area contributed by atoms with Crippen molar-refractivity contribution in [3.8, 4) is 11.5 Å². The molecule has 4 aromatic rings. The van der Waals surface area contributed by atoms with Crippen molar-refractivity contribution in [3.63, 3.8) is 0 Å². The van der Waals surface area contributed by atoms with Gasteiger partial charge in [-0.2, -0.15) is 0 Å². The van der Waals surface area contributed by atoms with E-state index in [1.807, 2.05) is 97.1 Å². The Kier molecular flexibility index (Phi) is 9.77. The van der Waals surface area contributed by atoms with Gasteiger partial charge in [0.1, 0.15) is 19.8 Å². The summed E-state index contributed by atoms with van der Waals surface area (Å²) in [5.74, 6) is -0.834. The molecule has 0 aliphatic carbocycles. The van der Waals surface area contributed by atoms with Crippen LogP contribution in [-0.4, -0.2) is 19.0 Å². The molecule has 1 aliphatic rings. The summed E-state index contributed by atoms with van der Waals surface area (Å²) in [4.78, 5) is 27.5. The number of hydrogen-bond acceptors (Lipinski definition) is 7. The summed E-state index contributed by atoms with van der Waals surface area (Å²) < 4.78 is 23.4. The second kappa shape index (κ2) is 14.2. The van der Waals surface area contributed by atoms with Crippen LogP contribution in [0.5, 0.6) is 11.5 Å². The minimum Gasteiger partial charge on any atom is -0.493 e. The van der Waals surface area contributed by atoms with Crippen LogP contribution >= 0.6 is 0 Å². The highest BCUT2D eigenvalue weighted by Crippen LogP contribution is 2.42. The van der Waals surface area contributed by atoms with Gasteiger partial charge in [0.25, 0.3) is 0 Å². The normalized spacial score (nSPS) is 13.2. The van der Waals surface area contributed by atoms with E-state index < -0.39 is 17.9 Å². The Morgan fingerprint density at radius 3 is 1.52 bits per heavy atom. The van der Waals surface area contributed by atoms with Gasteiger partial charge in [-0.3, -0.25) is 0 Å². The Bertz CT molecular complexity index is 1590. The fourth-order valence-electron chi connectivity index (χ4n) is 5.19. The predicted octanol–water partition coefficient (Wildman–Crippen LogP) is 7.00. The van der Waals surface area contributed by atoms with Crippen LogP contribution in [0.3, 0.4) is 0 Å². The molecule has 0 radical (unpaired) electrons. The quantitative estimate of drug-likeness (QED) is 0.189. The molecule has 224 valence electrons. The predicted molar refractivity (Wildman–Crippen MR) is 168 cm³/mol. The van der Waals surface area contributed by atoms with E-state index >= 15 is 0 Å². The Hall–Kier alpha value is -5.30. The largest absolute Gasteiger partial charge is 0.493 e. The van der Waals surface area contributed by atoms with Crippen LogP contribution in [0.25, 0.3) is 0 Å². The number of nitrogens with one attached hydrogen (secondary N) is 1. The molecule has 0 atom stereocenters. The van der Waals surface area contributed by atoms with Gasteiger partial charge in [-0.1, -0.05) is 97.1 Å². The number of dihydropyridines is 1. The van der Waals surface area contributed by atoms with Gasteiger partial charge in [0.15, 0.2) is 11.5 Å². The van der Waals surface area contributed by atoms with Crippen molar-refractivity contribution in [3.05, 3.63) is 154 Å². The van der Waals surface area contributed by atoms with Crippen LogP contribution < -0.4 is 14.8 Å². The first-order chi connectivity index (χ1) is 21.4. The van der Waals surface area contributed by atoms with Crippen molar-refractivity contribution >= 4 is 11.9 Å². The van der Waals surface area contributed by atoms with Crippen LogP contribution in [0.2, 0.25) is 0 Å². The van der Waals surface area contributed by atoms with Crippen LogP contribution in [0.15, 0.2) is 132 Å². The van der Waals surface area contributed by atoms with Gasteiger partial charge in [-0.15, -0.1) is 0 Å². The van der Waals surface area contributed by atoms with Crippen molar-refractivity contribution in [2.45, 2.75) is 39.6 Å². The third-order valence-electron chi connectivity index (χ3n) is 7.38. The van der Waals surface area contributed by atoms with Crippen LogP contribution in [0.4, 0.5) is 0 Å². The van der Waals surface area contributed by atoms with Crippen molar-refractivity contribution in [1.29, 1.82) is 0 Å². The maximum Gasteiger partial charge on any atom is 0.337 e. The number of methoxy groups -OCH3 is 1. The van der Waals surface area contributed by atoms with E-state index in [0.717, 1.165) is 16.7 Å². The number of allylic oxidation sites excluding steroid dienone is 2. The van der Waals surface area contributed by atoms with E-state index in [1.165, 1.54) is 0 Å². The monoisotopic (exact) mass is 589 g/mol. The van der Waals surface area contributed by atoms with Crippen molar-refractivity contribution < 1.29 is 28.5 Å². The molecule has 7 nitrogen and oxygen atoms in total. The Labute approximate surface area is 257 Å². The van der Waals surface area contributed by atoms with E-state index in [9.17, 15) is 9.59 Å². The molecular formula is C37H35NO6. The summed E-state index contributed by atoms with van der Waals surface area (Å²) in [5, 5.41) is 3.22. The molecule has 7 heteroatoms. The summed E-state index contributed by atoms with van der Waals surface area (Å²) in [6, 6.07) is 34.2. The second-order valence-corrected chi connectivity index (χ2v) is 10.4. The smallest absolute Gasteiger partial charge is 0.337 e. The van der Waals surface area contributed by atoms with Crippen molar-refractivity contribution in [1.82, 2.24) is 5.32 Å². The van der Waals surface area contributed by atoms with Gasteiger partial charge in [-0.05, 0) is 48.2 Å². The lowest BCUT2D eigenvalue weighted by Crippen LogP contribution is -2.32. The number of benzene rings is 4. The standard InChI is InChI=1S/C37H35NO6/c1-25-33(36(39)43-23-28-15-9-5-10-16-28)35(34(26(2)38-25)37(40)44-24-29-17-11-6-12-18-29)30-19-20-31(32(21-30)41-3)42-22-27-13-7-4-8-14-27/h4-21,35,38H,22-24H2,1-3H3. The van der Waals surface area contributed by atoms with Gasteiger partial charge in [0, 0.05) is 11.4 Å². The molecule has 0 saturated heterocycles. The molecule has 1 N–H and O–H groups in total. The molecule has 0 spiro atoms. The lowest BCUT2D eigenvalue weighted by Gasteiger charge is -2.31. The zero-order chi connectivity index (χ0) is 30.9. The SMILES string of the molecule is COc1cc(C2C(C(=O)OCc3ccccc3)=C(C)NC(C)=C2C(=O)OCc2ccccc2)ccc1OCc1ccccc1. The Balaban J connectivity index is 1.48. The zero-order valence-corrected chi connectivity index (χ0v) is 25.0.